The van der Waals surface area contributed by atoms with Crippen LogP contribution in [0.4, 0.5) is 0 Å². The molecule has 58 valence electrons. The summed E-state index contributed by atoms with van der Waals surface area (Å²) in [5.41, 5.74) is 2.42. The highest BCUT2D eigenvalue weighted by molar-refractivity contribution is 5.84. The van der Waals surface area contributed by atoms with Gasteiger partial charge in [0.05, 0.1) is 0 Å². The van der Waals surface area contributed by atoms with Crippen LogP contribution in [0.5, 0.6) is 0 Å². The van der Waals surface area contributed by atoms with Crippen LogP contribution in [0, 0.1) is 5.92 Å². The average molecular weight is 142 g/mol. The first-order valence-electron chi connectivity index (χ1n) is 3.55. The standard InChI is InChI=1S/C7H14N2O/c1-5(2)6-8-7(3,4)10-9-6/h5H,1-4H3,(H,8,9). The van der Waals surface area contributed by atoms with Gasteiger partial charge in [0.1, 0.15) is 5.84 Å². The van der Waals surface area contributed by atoms with Crippen molar-refractivity contribution in [2.45, 2.75) is 33.4 Å². The second-order valence-corrected chi connectivity index (χ2v) is 3.30. The molecular formula is C7H14N2O. The van der Waals surface area contributed by atoms with E-state index in [9.17, 15) is 0 Å². The van der Waals surface area contributed by atoms with Crippen molar-refractivity contribution in [3.63, 3.8) is 0 Å². The van der Waals surface area contributed by atoms with Gasteiger partial charge in [-0.2, -0.15) is 0 Å². The lowest BCUT2D eigenvalue weighted by Crippen LogP contribution is -2.25. The molecule has 0 aromatic heterocycles. The predicted molar refractivity (Wildman–Crippen MR) is 40.6 cm³/mol. The monoisotopic (exact) mass is 142 g/mol. The van der Waals surface area contributed by atoms with Crippen LogP contribution in [-0.2, 0) is 4.84 Å². The molecule has 0 bridgehead atoms. The van der Waals surface area contributed by atoms with Crippen LogP contribution in [-0.4, -0.2) is 11.6 Å². The molecule has 0 radical (unpaired) electrons. The fourth-order valence-corrected chi connectivity index (χ4v) is 0.760. The first kappa shape index (κ1) is 7.54. The molecule has 3 nitrogen and oxygen atoms in total. The molecule has 0 saturated heterocycles. The van der Waals surface area contributed by atoms with Crippen molar-refractivity contribution in [2.24, 2.45) is 10.9 Å². The van der Waals surface area contributed by atoms with Gasteiger partial charge >= 0.3 is 0 Å². The third-order valence-electron chi connectivity index (χ3n) is 1.34. The van der Waals surface area contributed by atoms with Crippen molar-refractivity contribution >= 4 is 5.84 Å². The maximum absolute atomic E-state index is 5.16. The molecule has 1 rings (SSSR count). The molecule has 0 aromatic carbocycles. The summed E-state index contributed by atoms with van der Waals surface area (Å²) in [5.74, 6) is 1.35. The number of hydrogen-bond donors (Lipinski definition) is 1. The van der Waals surface area contributed by atoms with Crippen molar-refractivity contribution in [1.29, 1.82) is 0 Å². The Morgan fingerprint density at radius 2 is 2.10 bits per heavy atom. The Kier molecular flexibility index (Phi) is 1.68. The fraction of sp³-hybridized carbons (Fsp3) is 0.857. The molecule has 0 unspecified atom stereocenters. The molecule has 0 amide bonds. The quantitative estimate of drug-likeness (QED) is 0.599. The van der Waals surface area contributed by atoms with E-state index in [4.69, 9.17) is 4.84 Å². The Morgan fingerprint density at radius 3 is 2.30 bits per heavy atom. The predicted octanol–water partition coefficient (Wildman–Crippen LogP) is 1.31. The van der Waals surface area contributed by atoms with Crippen LogP contribution in [0.3, 0.4) is 0 Å². The van der Waals surface area contributed by atoms with E-state index in [2.05, 4.69) is 24.3 Å². The number of hydroxylamine groups is 1. The zero-order valence-electron chi connectivity index (χ0n) is 6.93. The van der Waals surface area contributed by atoms with Gasteiger partial charge in [-0.15, -0.1) is 0 Å². The Labute approximate surface area is 61.4 Å². The van der Waals surface area contributed by atoms with Gasteiger partial charge in [0.2, 0.25) is 0 Å². The Bertz CT molecular complexity index is 161. The first-order chi connectivity index (χ1) is 4.51. The van der Waals surface area contributed by atoms with Gasteiger partial charge in [-0.25, -0.2) is 9.83 Å². The van der Waals surface area contributed by atoms with Gasteiger partial charge < -0.3 is 0 Å². The Balaban J connectivity index is 2.66. The molecular weight excluding hydrogens is 128 g/mol. The summed E-state index contributed by atoms with van der Waals surface area (Å²) in [7, 11) is 0. The van der Waals surface area contributed by atoms with Crippen molar-refractivity contribution in [3.05, 3.63) is 0 Å². The molecule has 1 aliphatic rings. The topological polar surface area (TPSA) is 33.6 Å². The minimum absolute atomic E-state index is 0.375. The van der Waals surface area contributed by atoms with Crippen LogP contribution >= 0.6 is 0 Å². The zero-order chi connectivity index (χ0) is 7.78. The van der Waals surface area contributed by atoms with Gasteiger partial charge in [-0.05, 0) is 13.8 Å². The van der Waals surface area contributed by atoms with Gasteiger partial charge in [0.25, 0.3) is 0 Å². The van der Waals surface area contributed by atoms with Crippen LogP contribution in [0.15, 0.2) is 4.99 Å². The second kappa shape index (κ2) is 2.23. The minimum Gasteiger partial charge on any atom is -0.250 e. The normalized spacial score (nSPS) is 22.7. The maximum Gasteiger partial charge on any atom is 0.181 e. The van der Waals surface area contributed by atoms with E-state index in [0.717, 1.165) is 5.84 Å². The molecule has 3 heteroatoms. The first-order valence-corrected chi connectivity index (χ1v) is 3.55. The smallest absolute Gasteiger partial charge is 0.181 e. The summed E-state index contributed by atoms with van der Waals surface area (Å²) < 4.78 is 0. The summed E-state index contributed by atoms with van der Waals surface area (Å²) in [6, 6.07) is 0. The lowest BCUT2D eigenvalue weighted by molar-refractivity contribution is -0.0277. The second-order valence-electron chi connectivity index (χ2n) is 3.30. The van der Waals surface area contributed by atoms with Gasteiger partial charge in [-0.1, -0.05) is 13.8 Å². The number of aliphatic imine (C=N–C) groups is 1. The van der Waals surface area contributed by atoms with Gasteiger partial charge in [0, 0.05) is 5.92 Å². The highest BCUT2D eigenvalue weighted by Crippen LogP contribution is 2.16. The molecule has 1 aliphatic heterocycles. The van der Waals surface area contributed by atoms with Crippen molar-refractivity contribution < 1.29 is 4.84 Å². The summed E-state index contributed by atoms with van der Waals surface area (Å²) >= 11 is 0. The van der Waals surface area contributed by atoms with E-state index in [1.807, 2.05) is 13.8 Å². The number of nitrogens with one attached hydrogen (secondary N) is 1. The van der Waals surface area contributed by atoms with Crippen LogP contribution < -0.4 is 5.48 Å². The molecule has 0 atom stereocenters. The minimum atomic E-state index is -0.375. The fourth-order valence-electron chi connectivity index (χ4n) is 0.760. The lowest BCUT2D eigenvalue weighted by Gasteiger charge is -2.09. The largest absolute Gasteiger partial charge is 0.250 e. The van der Waals surface area contributed by atoms with Gasteiger partial charge in [-0.3, -0.25) is 5.48 Å². The van der Waals surface area contributed by atoms with E-state index >= 15 is 0 Å². The van der Waals surface area contributed by atoms with Crippen LogP contribution in [0.1, 0.15) is 27.7 Å². The van der Waals surface area contributed by atoms with Gasteiger partial charge in [0.15, 0.2) is 5.72 Å². The molecule has 0 fully saturated rings. The maximum atomic E-state index is 5.16. The highest BCUT2D eigenvalue weighted by Gasteiger charge is 2.26. The summed E-state index contributed by atoms with van der Waals surface area (Å²) in [6.07, 6.45) is 0. The summed E-state index contributed by atoms with van der Waals surface area (Å²) in [4.78, 5) is 9.46. The van der Waals surface area contributed by atoms with E-state index in [1.165, 1.54) is 0 Å². The van der Waals surface area contributed by atoms with E-state index in [1.54, 1.807) is 0 Å². The lowest BCUT2D eigenvalue weighted by atomic mass is 10.2. The number of nitrogens with zero attached hydrogens (tertiary/aromatic N) is 1. The summed E-state index contributed by atoms with van der Waals surface area (Å²) in [6.45, 7) is 8.01. The third-order valence-corrected chi connectivity index (χ3v) is 1.34. The Morgan fingerprint density at radius 1 is 1.50 bits per heavy atom. The summed E-state index contributed by atoms with van der Waals surface area (Å²) in [5, 5.41) is 0. The Hall–Kier alpha value is -0.570. The molecule has 0 spiro atoms. The number of amidine groups is 1. The molecule has 10 heavy (non-hydrogen) atoms. The van der Waals surface area contributed by atoms with E-state index < -0.39 is 0 Å². The third kappa shape index (κ3) is 1.48. The van der Waals surface area contributed by atoms with Crippen molar-refractivity contribution in [1.82, 2.24) is 5.48 Å². The zero-order valence-corrected chi connectivity index (χ0v) is 6.93. The van der Waals surface area contributed by atoms with Crippen LogP contribution in [0.25, 0.3) is 0 Å². The van der Waals surface area contributed by atoms with Crippen molar-refractivity contribution in [2.75, 3.05) is 0 Å². The van der Waals surface area contributed by atoms with E-state index in [-0.39, 0.29) is 5.72 Å². The molecule has 0 aliphatic carbocycles. The number of rotatable bonds is 1. The average Bonchev–Trinajstić information content (AvgIpc) is 2.10. The van der Waals surface area contributed by atoms with Crippen LogP contribution in [0.2, 0.25) is 0 Å². The number of hydrogen-bond acceptors (Lipinski definition) is 3. The highest BCUT2D eigenvalue weighted by atomic mass is 16.7. The molecule has 0 aromatic rings. The molecule has 1 heterocycles. The molecule has 1 N–H and O–H groups in total. The van der Waals surface area contributed by atoms with Crippen molar-refractivity contribution in [3.8, 4) is 0 Å². The van der Waals surface area contributed by atoms with E-state index in [0.29, 0.717) is 5.92 Å². The molecule has 0 saturated carbocycles. The SMILES string of the molecule is CC(C)C1=NC(C)(C)ON1.